The van der Waals surface area contributed by atoms with Gasteiger partial charge in [-0.1, -0.05) is 0 Å². The lowest BCUT2D eigenvalue weighted by molar-refractivity contribution is -0.0507. The van der Waals surface area contributed by atoms with Crippen molar-refractivity contribution in [1.82, 2.24) is 19.7 Å². The third kappa shape index (κ3) is 3.37. The van der Waals surface area contributed by atoms with E-state index in [4.69, 9.17) is 0 Å². The standard InChI is InChI=1S/C17H17BrF3N5O2/c18-15-13(19)12(1-4-22-15)23-16(28)25-5-3-11-10(8-25)14-17(20,21)7-9(27)2-6-26(14)24-11/h1,4,9,27H,2-3,5-8H2,(H,22,23,28)/t9-/m1/s1. The van der Waals surface area contributed by atoms with Gasteiger partial charge in [-0.2, -0.15) is 13.9 Å². The first-order valence-corrected chi connectivity index (χ1v) is 9.56. The third-order valence-electron chi connectivity index (χ3n) is 4.99. The zero-order valence-corrected chi connectivity index (χ0v) is 16.2. The van der Waals surface area contributed by atoms with Crippen LogP contribution in [0, 0.1) is 5.82 Å². The second-order valence-corrected chi connectivity index (χ2v) is 7.66. The quantitative estimate of drug-likeness (QED) is 0.642. The van der Waals surface area contributed by atoms with Crippen LogP contribution < -0.4 is 5.32 Å². The fraction of sp³-hybridized carbons (Fsp3) is 0.471. The number of halogens is 4. The molecule has 28 heavy (non-hydrogen) atoms. The molecule has 2 aromatic heterocycles. The molecule has 0 aromatic carbocycles. The number of nitrogens with one attached hydrogen (secondary N) is 1. The van der Waals surface area contributed by atoms with E-state index in [2.05, 4.69) is 31.3 Å². The van der Waals surface area contributed by atoms with Crippen LogP contribution in [0.2, 0.25) is 0 Å². The first kappa shape index (κ1) is 19.2. The number of fused-ring (bicyclic) bond motifs is 3. The van der Waals surface area contributed by atoms with Gasteiger partial charge in [-0.05, 0) is 28.4 Å². The smallest absolute Gasteiger partial charge is 0.322 e. The summed E-state index contributed by atoms with van der Waals surface area (Å²) in [6.45, 7) is 0.412. The molecule has 2 aromatic rings. The SMILES string of the molecule is O=C(Nc1ccnc(Br)c1F)N1CCc2nn3c(c2C1)C(F)(F)C[C@H](O)CC3. The van der Waals surface area contributed by atoms with Gasteiger partial charge in [-0.3, -0.25) is 4.68 Å². The monoisotopic (exact) mass is 459 g/mol. The summed E-state index contributed by atoms with van der Waals surface area (Å²) in [6.07, 6.45) is 0.0743. The number of aromatic nitrogens is 3. The summed E-state index contributed by atoms with van der Waals surface area (Å²) in [7, 11) is 0. The minimum atomic E-state index is -3.24. The molecular formula is C17H17BrF3N5O2. The summed E-state index contributed by atoms with van der Waals surface area (Å²) in [5.41, 5.74) is 0.541. The molecule has 2 aliphatic rings. The highest BCUT2D eigenvalue weighted by atomic mass is 79.9. The summed E-state index contributed by atoms with van der Waals surface area (Å²) in [6, 6.07) is 0.717. The Hall–Kier alpha value is -2.14. The van der Waals surface area contributed by atoms with Crippen LogP contribution in [-0.2, 0) is 25.4 Å². The number of pyridine rings is 1. The van der Waals surface area contributed by atoms with E-state index in [1.165, 1.54) is 21.8 Å². The molecule has 0 saturated heterocycles. The first-order valence-electron chi connectivity index (χ1n) is 8.77. The van der Waals surface area contributed by atoms with Crippen LogP contribution in [0.4, 0.5) is 23.7 Å². The van der Waals surface area contributed by atoms with Crippen molar-refractivity contribution in [3.8, 4) is 0 Å². The second kappa shape index (κ2) is 7.03. The molecule has 0 unspecified atom stereocenters. The van der Waals surface area contributed by atoms with Crippen LogP contribution in [0.15, 0.2) is 16.9 Å². The molecule has 0 bridgehead atoms. The minimum absolute atomic E-state index is 0.0358. The number of aryl methyl sites for hydroxylation is 1. The fourth-order valence-corrected chi connectivity index (χ4v) is 3.98. The Morgan fingerprint density at radius 1 is 1.39 bits per heavy atom. The molecule has 0 fully saturated rings. The Kier molecular flexibility index (Phi) is 4.82. The number of rotatable bonds is 1. The van der Waals surface area contributed by atoms with Crippen LogP contribution in [-0.4, -0.2) is 43.5 Å². The zero-order chi connectivity index (χ0) is 20.1. The van der Waals surface area contributed by atoms with Crippen LogP contribution in [0.5, 0.6) is 0 Å². The Morgan fingerprint density at radius 3 is 2.96 bits per heavy atom. The van der Waals surface area contributed by atoms with Crippen molar-refractivity contribution in [3.63, 3.8) is 0 Å². The molecule has 2 N–H and O–H groups in total. The molecule has 0 spiro atoms. The van der Waals surface area contributed by atoms with Gasteiger partial charge in [0, 0.05) is 37.7 Å². The van der Waals surface area contributed by atoms with E-state index in [0.717, 1.165) is 0 Å². The number of nitrogens with zero attached hydrogens (tertiary/aromatic N) is 4. The fourth-order valence-electron chi connectivity index (χ4n) is 3.65. The van der Waals surface area contributed by atoms with Crippen molar-refractivity contribution < 1.29 is 23.1 Å². The number of amides is 2. The Bertz CT molecular complexity index is 936. The lowest BCUT2D eigenvalue weighted by atomic mass is 9.99. The molecule has 2 aliphatic heterocycles. The largest absolute Gasteiger partial charge is 0.393 e. The average Bonchev–Trinajstić information content (AvgIpc) is 2.96. The van der Waals surface area contributed by atoms with Gasteiger partial charge in [-0.15, -0.1) is 0 Å². The van der Waals surface area contributed by atoms with Crippen LogP contribution in [0.3, 0.4) is 0 Å². The number of hydrogen-bond acceptors (Lipinski definition) is 4. The van der Waals surface area contributed by atoms with Gasteiger partial charge in [-0.25, -0.2) is 14.2 Å². The van der Waals surface area contributed by atoms with E-state index in [0.29, 0.717) is 17.7 Å². The number of hydrogen-bond donors (Lipinski definition) is 2. The third-order valence-corrected chi connectivity index (χ3v) is 5.54. The molecule has 0 saturated carbocycles. The van der Waals surface area contributed by atoms with E-state index in [1.54, 1.807) is 0 Å². The summed E-state index contributed by atoms with van der Waals surface area (Å²) in [5, 5.41) is 16.5. The number of carbonyl (C=O) groups excluding carboxylic acids is 1. The van der Waals surface area contributed by atoms with Crippen molar-refractivity contribution in [1.29, 1.82) is 0 Å². The minimum Gasteiger partial charge on any atom is -0.393 e. The van der Waals surface area contributed by atoms with Crippen LogP contribution in [0.25, 0.3) is 0 Å². The second-order valence-electron chi connectivity index (χ2n) is 6.91. The van der Waals surface area contributed by atoms with E-state index in [1.807, 2.05) is 0 Å². The molecule has 150 valence electrons. The topological polar surface area (TPSA) is 83.3 Å². The molecule has 0 aliphatic carbocycles. The van der Waals surface area contributed by atoms with Crippen molar-refractivity contribution in [2.24, 2.45) is 0 Å². The Morgan fingerprint density at radius 2 is 2.18 bits per heavy atom. The highest BCUT2D eigenvalue weighted by Gasteiger charge is 2.44. The highest BCUT2D eigenvalue weighted by Crippen LogP contribution is 2.40. The lowest BCUT2D eigenvalue weighted by Crippen LogP contribution is -2.39. The van der Waals surface area contributed by atoms with Crippen molar-refractivity contribution in [2.75, 3.05) is 11.9 Å². The van der Waals surface area contributed by atoms with E-state index < -0.39 is 30.3 Å². The number of aliphatic hydroxyl groups is 1. The number of urea groups is 1. The van der Waals surface area contributed by atoms with E-state index in [-0.39, 0.29) is 42.0 Å². The molecule has 0 radical (unpaired) electrons. The lowest BCUT2D eigenvalue weighted by Gasteiger charge is -2.28. The predicted molar refractivity (Wildman–Crippen MR) is 96.4 cm³/mol. The maximum absolute atomic E-state index is 14.7. The van der Waals surface area contributed by atoms with E-state index in [9.17, 15) is 23.1 Å². The number of alkyl halides is 2. The van der Waals surface area contributed by atoms with Gasteiger partial charge in [0.15, 0.2) is 5.82 Å². The zero-order valence-electron chi connectivity index (χ0n) is 14.6. The highest BCUT2D eigenvalue weighted by molar-refractivity contribution is 9.10. The van der Waals surface area contributed by atoms with Crippen LogP contribution in [0.1, 0.15) is 29.8 Å². The van der Waals surface area contributed by atoms with Gasteiger partial charge in [0.25, 0.3) is 5.92 Å². The Balaban J connectivity index is 1.59. The predicted octanol–water partition coefficient (Wildman–Crippen LogP) is 3.02. The molecule has 4 heterocycles. The van der Waals surface area contributed by atoms with Gasteiger partial charge in [0.2, 0.25) is 0 Å². The normalized spacial score (nSPS) is 20.9. The van der Waals surface area contributed by atoms with Gasteiger partial charge < -0.3 is 15.3 Å². The summed E-state index contributed by atoms with van der Waals surface area (Å²) in [4.78, 5) is 17.6. The maximum Gasteiger partial charge on any atom is 0.322 e. The number of carbonyl (C=O) groups is 1. The number of anilines is 1. The first-order chi connectivity index (χ1) is 13.3. The molecular weight excluding hydrogens is 443 g/mol. The summed E-state index contributed by atoms with van der Waals surface area (Å²) < 4.78 is 44.7. The molecule has 2 amide bonds. The van der Waals surface area contributed by atoms with Crippen molar-refractivity contribution >= 4 is 27.6 Å². The van der Waals surface area contributed by atoms with Gasteiger partial charge in [0.05, 0.1) is 24.0 Å². The average molecular weight is 460 g/mol. The summed E-state index contributed by atoms with van der Waals surface area (Å²) in [5.74, 6) is -3.95. The van der Waals surface area contributed by atoms with Crippen LogP contribution >= 0.6 is 15.9 Å². The molecule has 7 nitrogen and oxygen atoms in total. The molecule has 1 atom stereocenters. The molecule has 11 heteroatoms. The van der Waals surface area contributed by atoms with Crippen molar-refractivity contribution in [3.05, 3.63) is 39.6 Å². The molecule has 4 rings (SSSR count). The van der Waals surface area contributed by atoms with Crippen molar-refractivity contribution in [2.45, 2.75) is 44.4 Å². The Labute approximate surface area is 166 Å². The van der Waals surface area contributed by atoms with E-state index >= 15 is 0 Å². The maximum atomic E-state index is 14.7. The summed E-state index contributed by atoms with van der Waals surface area (Å²) >= 11 is 2.95. The van der Waals surface area contributed by atoms with Gasteiger partial charge in [0.1, 0.15) is 10.3 Å². The number of aliphatic hydroxyl groups excluding tert-OH is 1. The van der Waals surface area contributed by atoms with Gasteiger partial charge >= 0.3 is 6.03 Å².